The molecule has 49 heavy (non-hydrogen) atoms. The molecule has 0 amide bonds. The summed E-state index contributed by atoms with van der Waals surface area (Å²) in [6.45, 7) is 6.92. The van der Waals surface area contributed by atoms with Crippen molar-refractivity contribution in [1.82, 2.24) is 9.80 Å². The Morgan fingerprint density at radius 2 is 0.837 bits per heavy atom. The monoisotopic (exact) mass is 652 g/mol. The van der Waals surface area contributed by atoms with Crippen molar-refractivity contribution >= 4 is 0 Å². The van der Waals surface area contributed by atoms with Crippen LogP contribution in [-0.4, -0.2) is 50.3 Å². The van der Waals surface area contributed by atoms with Crippen LogP contribution in [-0.2, 0) is 24.3 Å². The lowest BCUT2D eigenvalue weighted by molar-refractivity contribution is -0.00742. The van der Waals surface area contributed by atoms with Crippen LogP contribution in [0.2, 0.25) is 0 Å². The first-order valence-corrected chi connectivity index (χ1v) is 17.8. The Balaban J connectivity index is 1.22. The van der Waals surface area contributed by atoms with Gasteiger partial charge in [0.05, 0.1) is 0 Å². The third kappa shape index (κ3) is 6.10. The van der Waals surface area contributed by atoms with Gasteiger partial charge in [0.15, 0.2) is 0 Å². The van der Waals surface area contributed by atoms with E-state index in [-0.39, 0.29) is 12.1 Å². The molecule has 2 atom stereocenters. The molecule has 5 aromatic rings. The lowest BCUT2D eigenvalue weighted by Gasteiger charge is -2.41. The molecule has 2 fully saturated rings. The Labute approximate surface area is 291 Å². The maximum Gasteiger partial charge on any atom is 0.130 e. The molecule has 5 heteroatoms. The van der Waals surface area contributed by atoms with E-state index in [9.17, 15) is 15.3 Å². The first-order chi connectivity index (χ1) is 23.8. The fourth-order valence-electron chi connectivity index (χ4n) is 8.71. The molecular formula is C44H48N2O3. The Kier molecular flexibility index (Phi) is 9.45. The van der Waals surface area contributed by atoms with Gasteiger partial charge >= 0.3 is 0 Å². The summed E-state index contributed by atoms with van der Waals surface area (Å²) in [5.41, 5.74) is 5.06. The van der Waals surface area contributed by atoms with Gasteiger partial charge in [-0.15, -0.1) is 0 Å². The van der Waals surface area contributed by atoms with Gasteiger partial charge in [-0.2, -0.15) is 0 Å². The van der Waals surface area contributed by atoms with Crippen molar-refractivity contribution in [1.29, 1.82) is 0 Å². The van der Waals surface area contributed by atoms with Gasteiger partial charge in [0.25, 0.3) is 0 Å². The molecule has 0 aromatic heterocycles. The van der Waals surface area contributed by atoms with E-state index in [0.29, 0.717) is 18.8 Å². The fraction of sp³-hybridized carbons (Fsp3) is 0.318. The fourth-order valence-corrected chi connectivity index (χ4v) is 8.71. The second kappa shape index (κ2) is 13.9. The zero-order valence-corrected chi connectivity index (χ0v) is 28.7. The largest absolute Gasteiger partial charge is 0.507 e. The Bertz CT molecular complexity index is 1630. The molecular weight excluding hydrogens is 604 g/mol. The molecule has 2 aliphatic rings. The molecule has 0 aliphatic carbocycles. The molecule has 0 bridgehead atoms. The van der Waals surface area contributed by atoms with Gasteiger partial charge < -0.3 is 15.3 Å². The van der Waals surface area contributed by atoms with Gasteiger partial charge in [-0.1, -0.05) is 127 Å². The number of likely N-dealkylation sites (tertiary alicyclic amines) is 2. The van der Waals surface area contributed by atoms with E-state index >= 15 is 0 Å². The number of hydrogen-bond acceptors (Lipinski definition) is 5. The summed E-state index contributed by atoms with van der Waals surface area (Å²) in [7, 11) is 0. The van der Waals surface area contributed by atoms with Crippen LogP contribution in [0.4, 0.5) is 0 Å². The van der Waals surface area contributed by atoms with Crippen LogP contribution in [0.15, 0.2) is 127 Å². The van der Waals surface area contributed by atoms with Gasteiger partial charge in [0, 0.05) is 36.3 Å². The van der Waals surface area contributed by atoms with Crippen LogP contribution in [0.5, 0.6) is 5.75 Å². The smallest absolute Gasteiger partial charge is 0.130 e. The second-order valence-electron chi connectivity index (χ2n) is 14.1. The molecule has 5 nitrogen and oxygen atoms in total. The summed E-state index contributed by atoms with van der Waals surface area (Å²) >= 11 is 0. The van der Waals surface area contributed by atoms with Crippen LogP contribution in [0.25, 0.3) is 0 Å². The quantitative estimate of drug-likeness (QED) is 0.144. The van der Waals surface area contributed by atoms with Gasteiger partial charge in [0.1, 0.15) is 17.0 Å². The second-order valence-corrected chi connectivity index (χ2v) is 14.1. The van der Waals surface area contributed by atoms with Crippen LogP contribution < -0.4 is 0 Å². The highest BCUT2D eigenvalue weighted by atomic mass is 16.3. The number of aryl methyl sites for hydroxylation is 2. The molecule has 2 unspecified atom stereocenters. The molecule has 2 aliphatic heterocycles. The van der Waals surface area contributed by atoms with Crippen molar-refractivity contribution in [3.05, 3.63) is 172 Å². The highest BCUT2D eigenvalue weighted by Crippen LogP contribution is 2.44. The van der Waals surface area contributed by atoms with Crippen molar-refractivity contribution in [2.75, 3.05) is 13.1 Å². The zero-order chi connectivity index (χ0) is 34.0. The van der Waals surface area contributed by atoms with E-state index in [1.807, 2.05) is 121 Å². The zero-order valence-electron chi connectivity index (χ0n) is 28.7. The topological polar surface area (TPSA) is 67.2 Å². The van der Waals surface area contributed by atoms with E-state index < -0.39 is 11.2 Å². The van der Waals surface area contributed by atoms with Crippen LogP contribution in [0.1, 0.15) is 70.2 Å². The van der Waals surface area contributed by atoms with Crippen molar-refractivity contribution < 1.29 is 15.3 Å². The molecule has 2 heterocycles. The summed E-state index contributed by atoms with van der Waals surface area (Å²) in [5.74, 6) is 0.333. The predicted octanol–water partition coefficient (Wildman–Crippen LogP) is 7.81. The highest BCUT2D eigenvalue weighted by molar-refractivity contribution is 5.50. The van der Waals surface area contributed by atoms with Crippen LogP contribution >= 0.6 is 0 Å². The number of nitrogens with zero attached hydrogens (tertiary/aromatic N) is 2. The predicted molar refractivity (Wildman–Crippen MR) is 196 cm³/mol. The SMILES string of the molecule is Cc1cc(C)c(CN2CCCC2C(O)(c2ccccc2)c2ccccc2)c(O)c1CN1CCCC1C(O)(c1ccccc1)c1ccccc1. The Morgan fingerprint density at radius 1 is 0.531 bits per heavy atom. The molecule has 3 N–H and O–H groups in total. The highest BCUT2D eigenvalue weighted by Gasteiger charge is 2.47. The van der Waals surface area contributed by atoms with Gasteiger partial charge in [-0.3, -0.25) is 9.80 Å². The van der Waals surface area contributed by atoms with Gasteiger partial charge in [-0.25, -0.2) is 0 Å². The van der Waals surface area contributed by atoms with E-state index in [0.717, 1.165) is 83.3 Å². The van der Waals surface area contributed by atoms with Crippen molar-refractivity contribution in [2.24, 2.45) is 0 Å². The van der Waals surface area contributed by atoms with Crippen molar-refractivity contribution in [2.45, 2.75) is 75.9 Å². The molecule has 0 saturated carbocycles. The maximum absolute atomic E-state index is 12.7. The minimum Gasteiger partial charge on any atom is -0.507 e. The van der Waals surface area contributed by atoms with Crippen molar-refractivity contribution in [3.63, 3.8) is 0 Å². The van der Waals surface area contributed by atoms with Gasteiger partial charge in [0.2, 0.25) is 0 Å². The number of rotatable bonds is 10. The van der Waals surface area contributed by atoms with Crippen LogP contribution in [0, 0.1) is 13.8 Å². The lowest BCUT2D eigenvalue weighted by Crippen LogP contribution is -2.48. The molecule has 0 spiro atoms. The van der Waals surface area contributed by atoms with Crippen molar-refractivity contribution in [3.8, 4) is 5.75 Å². The van der Waals surface area contributed by atoms with E-state index in [4.69, 9.17) is 0 Å². The third-order valence-corrected chi connectivity index (χ3v) is 11.2. The summed E-state index contributed by atoms with van der Waals surface area (Å²) < 4.78 is 0. The minimum absolute atomic E-state index is 0.157. The minimum atomic E-state index is -1.20. The van der Waals surface area contributed by atoms with Gasteiger partial charge in [-0.05, 0) is 86.0 Å². The summed E-state index contributed by atoms with van der Waals surface area (Å²) in [6.07, 6.45) is 3.65. The molecule has 2 saturated heterocycles. The first kappa shape index (κ1) is 33.2. The summed E-state index contributed by atoms with van der Waals surface area (Å²) in [5, 5.41) is 37.5. The summed E-state index contributed by atoms with van der Waals surface area (Å²) in [4.78, 5) is 4.73. The normalized spacial score (nSPS) is 19.0. The van der Waals surface area contributed by atoms with E-state index in [1.165, 1.54) is 0 Å². The van der Waals surface area contributed by atoms with E-state index in [2.05, 4.69) is 29.7 Å². The van der Waals surface area contributed by atoms with E-state index in [1.54, 1.807) is 0 Å². The number of benzene rings is 5. The third-order valence-electron chi connectivity index (χ3n) is 11.2. The maximum atomic E-state index is 12.7. The average molecular weight is 653 g/mol. The molecule has 7 rings (SSSR count). The molecule has 0 radical (unpaired) electrons. The van der Waals surface area contributed by atoms with Crippen LogP contribution in [0.3, 0.4) is 0 Å². The summed E-state index contributed by atoms with van der Waals surface area (Å²) in [6, 6.07) is 42.0. The number of aromatic hydroxyl groups is 1. The number of hydrogen-bond donors (Lipinski definition) is 3. The number of aliphatic hydroxyl groups is 2. The molecule has 5 aromatic carbocycles. The Hall–Kier alpha value is -4.26. The lowest BCUT2D eigenvalue weighted by atomic mass is 9.78. The average Bonchev–Trinajstić information content (AvgIpc) is 3.83. The number of phenolic OH excluding ortho intramolecular Hbond substituents is 1. The Morgan fingerprint density at radius 3 is 1.14 bits per heavy atom. The standard InChI is InChI=1S/C44H48N2O3/c1-32-29-33(2)39(31-46-28-16-26-41(46)44(49,36-21-11-5-12-22-36)37-23-13-6-14-24-37)42(47)38(32)30-45-27-15-25-40(45)43(48,34-17-7-3-8-18-34)35-19-9-4-10-20-35/h3-14,17-24,29,40-41,47-49H,15-16,25-28,30-31H2,1-2H3. The number of phenols is 1. The molecule has 252 valence electrons. The first-order valence-electron chi connectivity index (χ1n) is 17.8.